The number of rotatable bonds is 6. The largest absolute Gasteiger partial charge is 0.493 e. The highest BCUT2D eigenvalue weighted by molar-refractivity contribution is 6.24. The summed E-state index contributed by atoms with van der Waals surface area (Å²) in [7, 11) is 3.88. The maximum absolute atomic E-state index is 13.9. The summed E-state index contributed by atoms with van der Waals surface area (Å²) < 4.78 is 19.7. The molecular formula is C31H32FN5O3. The Labute approximate surface area is 233 Å². The molecule has 0 saturated carbocycles. The van der Waals surface area contributed by atoms with Gasteiger partial charge in [0, 0.05) is 56.6 Å². The van der Waals surface area contributed by atoms with Crippen LogP contribution in [0.1, 0.15) is 22.6 Å². The number of carbonyl (C=O) groups is 2. The fraction of sp³-hybridized carbons (Fsp3) is 0.323. The number of anilines is 2. The second kappa shape index (κ2) is 10.8. The molecule has 0 bridgehead atoms. The lowest BCUT2D eigenvalue weighted by atomic mass is 9.90. The molecule has 8 nitrogen and oxygen atoms in total. The van der Waals surface area contributed by atoms with Crippen molar-refractivity contribution in [3.05, 3.63) is 83.2 Å². The molecule has 3 aliphatic rings. The minimum Gasteiger partial charge on any atom is -0.493 e. The fourth-order valence-corrected chi connectivity index (χ4v) is 5.46. The molecule has 1 N–H and O–H groups in total. The van der Waals surface area contributed by atoms with Crippen LogP contribution >= 0.6 is 0 Å². The van der Waals surface area contributed by atoms with Gasteiger partial charge in [-0.2, -0.15) is 0 Å². The Bertz CT molecular complexity index is 1480. The predicted molar refractivity (Wildman–Crippen MR) is 153 cm³/mol. The van der Waals surface area contributed by atoms with Crippen LogP contribution in [0.5, 0.6) is 5.75 Å². The summed E-state index contributed by atoms with van der Waals surface area (Å²) in [4.78, 5) is 37.2. The molecule has 0 spiro atoms. The number of piperazine rings is 1. The lowest BCUT2D eigenvalue weighted by Gasteiger charge is -2.32. The molecule has 2 amide bonds. The van der Waals surface area contributed by atoms with Crippen LogP contribution < -0.4 is 15.0 Å². The van der Waals surface area contributed by atoms with Crippen molar-refractivity contribution in [2.24, 2.45) is 4.99 Å². The van der Waals surface area contributed by atoms with Gasteiger partial charge in [0.05, 0.1) is 24.6 Å². The maximum Gasteiger partial charge on any atom is 0.240 e. The smallest absolute Gasteiger partial charge is 0.240 e. The van der Waals surface area contributed by atoms with Crippen molar-refractivity contribution in [1.29, 1.82) is 0 Å². The van der Waals surface area contributed by atoms with Crippen molar-refractivity contribution in [2.45, 2.75) is 12.3 Å². The van der Waals surface area contributed by atoms with Crippen LogP contribution in [0.4, 0.5) is 21.5 Å². The molecule has 1 atom stereocenters. The molecule has 0 aromatic heterocycles. The Kier molecular flexibility index (Phi) is 7.08. The van der Waals surface area contributed by atoms with E-state index in [1.807, 2.05) is 42.5 Å². The van der Waals surface area contributed by atoms with E-state index < -0.39 is 11.7 Å². The number of fused-ring (bicyclic) bond motifs is 2. The molecule has 0 aliphatic carbocycles. The quantitative estimate of drug-likeness (QED) is 0.480. The highest BCUT2D eigenvalue weighted by Crippen LogP contribution is 2.38. The lowest BCUT2D eigenvalue weighted by Crippen LogP contribution is -2.48. The average molecular weight is 542 g/mol. The zero-order valence-electron chi connectivity index (χ0n) is 22.7. The Balaban J connectivity index is 1.29. The topological polar surface area (TPSA) is 77.5 Å². The third kappa shape index (κ3) is 5.22. The van der Waals surface area contributed by atoms with E-state index in [9.17, 15) is 14.0 Å². The summed E-state index contributed by atoms with van der Waals surface area (Å²) >= 11 is 0. The van der Waals surface area contributed by atoms with Gasteiger partial charge in [-0.1, -0.05) is 18.2 Å². The van der Waals surface area contributed by atoms with E-state index in [1.165, 1.54) is 12.1 Å². The highest BCUT2D eigenvalue weighted by Gasteiger charge is 2.36. The van der Waals surface area contributed by atoms with Crippen molar-refractivity contribution < 1.29 is 18.7 Å². The SMILES string of the molecule is CN1CCN(CC(=O)N(C)c2ccc(N=C(c3ccc4c(c3)OCC4)C3C(=O)Nc4cc(F)ccc43)cc2)CC1. The van der Waals surface area contributed by atoms with Gasteiger partial charge in [-0.05, 0) is 60.6 Å². The van der Waals surface area contributed by atoms with Crippen molar-refractivity contribution in [3.8, 4) is 5.75 Å². The summed E-state index contributed by atoms with van der Waals surface area (Å²) in [5, 5.41) is 2.81. The first-order valence-electron chi connectivity index (χ1n) is 13.6. The van der Waals surface area contributed by atoms with Gasteiger partial charge in [0.15, 0.2) is 0 Å². The van der Waals surface area contributed by atoms with E-state index >= 15 is 0 Å². The third-order valence-electron chi connectivity index (χ3n) is 7.93. The first-order chi connectivity index (χ1) is 19.4. The summed E-state index contributed by atoms with van der Waals surface area (Å²) in [6.45, 7) is 4.68. The van der Waals surface area contributed by atoms with Crippen molar-refractivity contribution in [1.82, 2.24) is 9.80 Å². The highest BCUT2D eigenvalue weighted by atomic mass is 19.1. The molecule has 3 aromatic rings. The number of aliphatic imine (C=N–C) groups is 1. The van der Waals surface area contributed by atoms with Gasteiger partial charge in [-0.3, -0.25) is 19.5 Å². The van der Waals surface area contributed by atoms with Gasteiger partial charge in [0.25, 0.3) is 0 Å². The van der Waals surface area contributed by atoms with Crippen LogP contribution in [0.25, 0.3) is 0 Å². The van der Waals surface area contributed by atoms with E-state index in [4.69, 9.17) is 9.73 Å². The number of nitrogens with zero attached hydrogens (tertiary/aromatic N) is 4. The molecule has 1 fully saturated rings. The second-order valence-corrected chi connectivity index (χ2v) is 10.6. The molecule has 1 saturated heterocycles. The Morgan fingerprint density at radius 2 is 1.85 bits per heavy atom. The standard InChI is InChI=1S/C31H32FN5O3/c1-35-12-14-37(15-13-35)19-28(38)36(2)24-8-6-23(7-9-24)33-30(21-4-3-20-11-16-40-27(20)17-21)29-25-10-5-22(32)18-26(25)34-31(29)39/h3-10,17-18,29H,11-16,19H2,1-2H3,(H,34,39). The molecule has 3 aliphatic heterocycles. The van der Waals surface area contributed by atoms with E-state index in [0.29, 0.717) is 35.8 Å². The summed E-state index contributed by atoms with van der Waals surface area (Å²) in [5.41, 5.74) is 4.98. The maximum atomic E-state index is 13.9. The number of hydrogen-bond donors (Lipinski definition) is 1. The average Bonchev–Trinajstić information content (AvgIpc) is 3.55. The van der Waals surface area contributed by atoms with E-state index in [-0.39, 0.29) is 11.8 Å². The Hall–Kier alpha value is -4.08. The van der Waals surface area contributed by atoms with Crippen LogP contribution in [-0.2, 0) is 16.0 Å². The number of hydrogen-bond acceptors (Lipinski definition) is 6. The van der Waals surface area contributed by atoms with Gasteiger partial charge < -0.3 is 19.9 Å². The number of ether oxygens (including phenoxy) is 1. The third-order valence-corrected chi connectivity index (χ3v) is 7.93. The normalized spacial score (nSPS) is 19.1. The molecule has 40 heavy (non-hydrogen) atoms. The summed E-state index contributed by atoms with van der Waals surface area (Å²) in [5.74, 6) is -0.551. The zero-order valence-corrected chi connectivity index (χ0v) is 22.7. The second-order valence-electron chi connectivity index (χ2n) is 10.6. The van der Waals surface area contributed by atoms with Crippen LogP contribution in [-0.4, -0.2) is 80.8 Å². The summed E-state index contributed by atoms with van der Waals surface area (Å²) in [6.07, 6.45) is 0.844. The van der Waals surface area contributed by atoms with Gasteiger partial charge in [0.1, 0.15) is 17.5 Å². The van der Waals surface area contributed by atoms with Gasteiger partial charge >= 0.3 is 0 Å². The van der Waals surface area contributed by atoms with Gasteiger partial charge in [-0.15, -0.1) is 0 Å². The molecule has 1 unspecified atom stereocenters. The molecule has 9 heteroatoms. The molecule has 206 valence electrons. The number of halogens is 1. The Morgan fingerprint density at radius 1 is 1.07 bits per heavy atom. The van der Waals surface area contributed by atoms with Gasteiger partial charge in [0.2, 0.25) is 11.8 Å². The van der Waals surface area contributed by atoms with Crippen LogP contribution in [0.15, 0.2) is 65.7 Å². The van der Waals surface area contributed by atoms with E-state index in [1.54, 1.807) is 18.0 Å². The number of nitrogens with one attached hydrogen (secondary N) is 1. The number of benzene rings is 3. The number of carbonyl (C=O) groups excluding carboxylic acids is 2. The van der Waals surface area contributed by atoms with Crippen LogP contribution in [0, 0.1) is 5.82 Å². The van der Waals surface area contributed by atoms with E-state index in [0.717, 1.165) is 55.2 Å². The monoisotopic (exact) mass is 541 g/mol. The molecule has 6 rings (SSSR count). The first-order valence-corrected chi connectivity index (χ1v) is 13.6. The van der Waals surface area contributed by atoms with Crippen molar-refractivity contribution in [2.75, 3.05) is 63.6 Å². The van der Waals surface area contributed by atoms with Crippen LogP contribution in [0.2, 0.25) is 0 Å². The zero-order chi connectivity index (χ0) is 27.8. The minimum atomic E-state index is -0.706. The van der Waals surface area contributed by atoms with E-state index in [2.05, 4.69) is 22.2 Å². The van der Waals surface area contributed by atoms with Crippen molar-refractivity contribution >= 4 is 34.6 Å². The molecule has 3 aromatic carbocycles. The predicted octanol–water partition coefficient (Wildman–Crippen LogP) is 3.83. The number of likely N-dealkylation sites (N-methyl/N-ethyl adjacent to an activating group) is 2. The van der Waals surface area contributed by atoms with Crippen LogP contribution in [0.3, 0.4) is 0 Å². The molecular weight excluding hydrogens is 509 g/mol. The van der Waals surface area contributed by atoms with Gasteiger partial charge in [-0.25, -0.2) is 4.39 Å². The Morgan fingerprint density at radius 3 is 2.62 bits per heavy atom. The minimum absolute atomic E-state index is 0.0334. The first kappa shape index (κ1) is 26.2. The lowest BCUT2D eigenvalue weighted by molar-refractivity contribution is -0.120. The molecule has 3 heterocycles. The number of amides is 2. The molecule has 0 radical (unpaired) electrons. The summed E-state index contributed by atoms with van der Waals surface area (Å²) in [6, 6.07) is 17.6. The fourth-order valence-electron chi connectivity index (χ4n) is 5.46. The van der Waals surface area contributed by atoms with Crippen molar-refractivity contribution in [3.63, 3.8) is 0 Å².